The summed E-state index contributed by atoms with van der Waals surface area (Å²) in [6, 6.07) is 71.2. The summed E-state index contributed by atoms with van der Waals surface area (Å²) < 4.78 is 12.0. The first-order valence-electron chi connectivity index (χ1n) is 19.4. The van der Waals surface area contributed by atoms with Gasteiger partial charge < -0.3 is 13.9 Å². The van der Waals surface area contributed by atoms with Crippen molar-refractivity contribution in [3.8, 4) is 34.0 Å². The molecule has 0 saturated heterocycles. The Labute approximate surface area is 322 Å². The number of ether oxygens (including phenoxy) is 1. The standard InChI is InChI=1S/C53H32N2O/c1-2-15-36-33(13-1)14-11-18-37(36)34-27-29-35(30-28-34)54-46-23-7-4-17-39(46)41-31-45-51(32-49(41)54)56-50-26-10-6-21-43(50)53(45)42-20-5-9-25-48(42)55-47-24-8-3-16-38(47)40-19-12-22-44(53)52(40)55/h1-32H. The summed E-state index contributed by atoms with van der Waals surface area (Å²) in [4.78, 5) is 0. The topological polar surface area (TPSA) is 19.1 Å². The van der Waals surface area contributed by atoms with Crippen LogP contribution >= 0.6 is 0 Å². The van der Waals surface area contributed by atoms with Crippen LogP contribution in [-0.2, 0) is 5.41 Å². The highest BCUT2D eigenvalue weighted by molar-refractivity contribution is 6.14. The van der Waals surface area contributed by atoms with Gasteiger partial charge in [-0.1, -0.05) is 146 Å². The van der Waals surface area contributed by atoms with Crippen molar-refractivity contribution >= 4 is 54.4 Å². The second-order valence-corrected chi connectivity index (χ2v) is 15.2. The summed E-state index contributed by atoms with van der Waals surface area (Å²) in [6.45, 7) is 0. The molecule has 0 radical (unpaired) electrons. The lowest BCUT2D eigenvalue weighted by atomic mass is 9.61. The van der Waals surface area contributed by atoms with Gasteiger partial charge in [0.25, 0.3) is 0 Å². The first-order valence-corrected chi connectivity index (χ1v) is 19.4. The fourth-order valence-corrected chi connectivity index (χ4v) is 10.3. The Morgan fingerprint density at radius 3 is 1.86 bits per heavy atom. The van der Waals surface area contributed by atoms with Gasteiger partial charge in [-0.05, 0) is 75.5 Å². The number of benzene rings is 9. The number of para-hydroxylation sites is 5. The van der Waals surface area contributed by atoms with Crippen molar-refractivity contribution in [1.82, 2.24) is 9.13 Å². The molecule has 13 rings (SSSR count). The molecule has 2 aromatic heterocycles. The molecule has 0 aliphatic carbocycles. The van der Waals surface area contributed by atoms with Gasteiger partial charge in [0, 0.05) is 44.4 Å². The summed E-state index contributed by atoms with van der Waals surface area (Å²) in [5.41, 5.74) is 13.8. The van der Waals surface area contributed by atoms with E-state index >= 15 is 0 Å². The lowest BCUT2D eigenvalue weighted by molar-refractivity contribution is 0.435. The molecule has 2 aliphatic heterocycles. The van der Waals surface area contributed by atoms with Crippen LogP contribution in [0, 0.1) is 0 Å². The number of nitrogens with zero attached hydrogens (tertiary/aromatic N) is 2. The molecule has 1 unspecified atom stereocenters. The SMILES string of the molecule is c1ccc2c(c1)Oc1cc3c(cc1C21c2ccccc2-n2c4ccccc4c4cccc1c42)c1ccccc1n3-c1ccc(-c2cccc3ccccc23)cc1. The van der Waals surface area contributed by atoms with Crippen LogP contribution in [0.15, 0.2) is 194 Å². The van der Waals surface area contributed by atoms with Crippen molar-refractivity contribution in [2.75, 3.05) is 0 Å². The molecule has 9 aromatic carbocycles. The molecule has 4 heterocycles. The van der Waals surface area contributed by atoms with Gasteiger partial charge in [-0.2, -0.15) is 0 Å². The molecular formula is C53H32N2O. The van der Waals surface area contributed by atoms with Crippen LogP contribution < -0.4 is 4.74 Å². The monoisotopic (exact) mass is 712 g/mol. The highest BCUT2D eigenvalue weighted by atomic mass is 16.5. The minimum Gasteiger partial charge on any atom is -0.457 e. The average molecular weight is 713 g/mol. The van der Waals surface area contributed by atoms with Crippen LogP contribution in [0.25, 0.3) is 76.9 Å². The van der Waals surface area contributed by atoms with Crippen LogP contribution in [0.1, 0.15) is 22.3 Å². The van der Waals surface area contributed by atoms with Crippen LogP contribution in [0.3, 0.4) is 0 Å². The molecule has 0 amide bonds. The van der Waals surface area contributed by atoms with E-state index in [1.54, 1.807) is 0 Å². The number of aromatic nitrogens is 2. The van der Waals surface area contributed by atoms with Gasteiger partial charge in [0.15, 0.2) is 0 Å². The second kappa shape index (κ2) is 10.9. The molecule has 2 aliphatic rings. The first kappa shape index (κ1) is 30.0. The molecular weight excluding hydrogens is 681 g/mol. The highest BCUT2D eigenvalue weighted by Gasteiger charge is 2.50. The number of hydrogen-bond donors (Lipinski definition) is 0. The zero-order chi connectivity index (χ0) is 36.5. The van der Waals surface area contributed by atoms with Crippen molar-refractivity contribution < 1.29 is 4.74 Å². The van der Waals surface area contributed by atoms with Gasteiger partial charge in [-0.25, -0.2) is 0 Å². The second-order valence-electron chi connectivity index (χ2n) is 15.2. The molecule has 56 heavy (non-hydrogen) atoms. The number of hydrogen-bond acceptors (Lipinski definition) is 1. The summed E-state index contributed by atoms with van der Waals surface area (Å²) in [5.74, 6) is 1.77. The minimum atomic E-state index is -0.623. The van der Waals surface area contributed by atoms with E-state index in [-0.39, 0.29) is 0 Å². The van der Waals surface area contributed by atoms with E-state index in [1.165, 1.54) is 76.8 Å². The molecule has 0 bridgehead atoms. The van der Waals surface area contributed by atoms with E-state index in [9.17, 15) is 0 Å². The van der Waals surface area contributed by atoms with Gasteiger partial charge in [-0.3, -0.25) is 0 Å². The molecule has 1 spiro atoms. The van der Waals surface area contributed by atoms with E-state index in [0.717, 1.165) is 33.8 Å². The Bertz CT molecular complexity index is 3450. The normalized spacial score (nSPS) is 15.4. The molecule has 260 valence electrons. The van der Waals surface area contributed by atoms with Crippen molar-refractivity contribution in [1.29, 1.82) is 0 Å². The third-order valence-corrected chi connectivity index (χ3v) is 12.6. The summed E-state index contributed by atoms with van der Waals surface area (Å²) >= 11 is 0. The van der Waals surface area contributed by atoms with Crippen LogP contribution in [0.5, 0.6) is 11.5 Å². The molecule has 3 nitrogen and oxygen atoms in total. The minimum absolute atomic E-state index is 0.623. The van der Waals surface area contributed by atoms with Crippen LogP contribution in [-0.4, -0.2) is 9.13 Å². The quantitative estimate of drug-likeness (QED) is 0.175. The van der Waals surface area contributed by atoms with Crippen LogP contribution in [0.2, 0.25) is 0 Å². The van der Waals surface area contributed by atoms with E-state index in [1.807, 2.05) is 0 Å². The number of fused-ring (bicyclic) bond motifs is 15. The van der Waals surface area contributed by atoms with E-state index in [0.29, 0.717) is 0 Å². The lowest BCUT2D eigenvalue weighted by Gasteiger charge is -2.45. The third kappa shape index (κ3) is 3.72. The van der Waals surface area contributed by atoms with E-state index in [2.05, 4.69) is 203 Å². The Morgan fingerprint density at radius 2 is 1.00 bits per heavy atom. The van der Waals surface area contributed by atoms with Crippen molar-refractivity contribution in [2.45, 2.75) is 5.41 Å². The third-order valence-electron chi connectivity index (χ3n) is 12.6. The highest BCUT2D eigenvalue weighted by Crippen LogP contribution is 2.61. The zero-order valence-corrected chi connectivity index (χ0v) is 30.3. The molecule has 1 atom stereocenters. The van der Waals surface area contributed by atoms with Gasteiger partial charge in [0.05, 0.1) is 33.2 Å². The lowest BCUT2D eigenvalue weighted by Crippen LogP contribution is -2.37. The zero-order valence-electron chi connectivity index (χ0n) is 30.3. The van der Waals surface area contributed by atoms with Crippen molar-refractivity contribution in [2.24, 2.45) is 0 Å². The largest absolute Gasteiger partial charge is 0.457 e. The fourth-order valence-electron chi connectivity index (χ4n) is 10.3. The molecule has 0 fully saturated rings. The summed E-state index contributed by atoms with van der Waals surface area (Å²) in [7, 11) is 0. The smallest absolute Gasteiger partial charge is 0.134 e. The maximum absolute atomic E-state index is 7.06. The Balaban J connectivity index is 1.11. The van der Waals surface area contributed by atoms with E-state index < -0.39 is 5.41 Å². The predicted octanol–water partition coefficient (Wildman–Crippen LogP) is 13.5. The van der Waals surface area contributed by atoms with Gasteiger partial charge in [0.2, 0.25) is 0 Å². The van der Waals surface area contributed by atoms with Crippen molar-refractivity contribution in [3.63, 3.8) is 0 Å². The predicted molar refractivity (Wildman–Crippen MR) is 230 cm³/mol. The summed E-state index contributed by atoms with van der Waals surface area (Å²) in [5, 5.41) is 7.46. The van der Waals surface area contributed by atoms with Crippen molar-refractivity contribution in [3.05, 3.63) is 216 Å². The van der Waals surface area contributed by atoms with Gasteiger partial charge in [0.1, 0.15) is 11.5 Å². The molecule has 0 N–H and O–H groups in total. The Morgan fingerprint density at radius 1 is 0.375 bits per heavy atom. The van der Waals surface area contributed by atoms with E-state index in [4.69, 9.17) is 4.74 Å². The molecule has 3 heteroatoms. The van der Waals surface area contributed by atoms with Gasteiger partial charge >= 0.3 is 0 Å². The Hall–Kier alpha value is -7.36. The average Bonchev–Trinajstić information content (AvgIpc) is 3.77. The molecule has 11 aromatic rings. The number of rotatable bonds is 2. The fraction of sp³-hybridized carbons (Fsp3) is 0.0189. The molecule has 0 saturated carbocycles. The van der Waals surface area contributed by atoms with Gasteiger partial charge in [-0.15, -0.1) is 0 Å². The first-order chi connectivity index (χ1) is 27.8. The summed E-state index contributed by atoms with van der Waals surface area (Å²) in [6.07, 6.45) is 0. The maximum Gasteiger partial charge on any atom is 0.134 e. The maximum atomic E-state index is 7.06. The Kier molecular flexibility index (Phi) is 5.83. The van der Waals surface area contributed by atoms with Crippen LogP contribution in [0.4, 0.5) is 0 Å².